The molecule has 1 aromatic carbocycles. The highest BCUT2D eigenvalue weighted by molar-refractivity contribution is 7.92. The van der Waals surface area contributed by atoms with Crippen LogP contribution in [-0.2, 0) is 16.4 Å². The Labute approximate surface area is 139 Å². The molecule has 1 aliphatic rings. The average molecular weight is 338 g/mol. The lowest BCUT2D eigenvalue weighted by Crippen LogP contribution is -2.42. The Morgan fingerprint density at radius 1 is 1.26 bits per heavy atom. The summed E-state index contributed by atoms with van der Waals surface area (Å²) in [5.74, 6) is 0.726. The van der Waals surface area contributed by atoms with E-state index in [1.165, 1.54) is 4.31 Å². The predicted octanol–water partition coefficient (Wildman–Crippen LogP) is 1.34. The zero-order chi connectivity index (χ0) is 16.7. The molecule has 0 atom stereocenters. The number of benzene rings is 1. The lowest BCUT2D eigenvalue weighted by molar-refractivity contribution is 0.591. The van der Waals surface area contributed by atoms with Crippen LogP contribution < -0.4 is 14.9 Å². The van der Waals surface area contributed by atoms with E-state index in [9.17, 15) is 8.42 Å². The first kappa shape index (κ1) is 17.6. The monoisotopic (exact) mass is 338 g/mol. The summed E-state index contributed by atoms with van der Waals surface area (Å²) < 4.78 is 26.7. The third-order valence-corrected chi connectivity index (χ3v) is 5.44. The van der Waals surface area contributed by atoms with E-state index in [-0.39, 0.29) is 5.75 Å². The van der Waals surface area contributed by atoms with Crippen LogP contribution in [0, 0.1) is 0 Å². The van der Waals surface area contributed by atoms with Crippen molar-refractivity contribution in [1.82, 2.24) is 10.6 Å². The molecule has 0 bridgehead atoms. The number of aliphatic imine (C=N–C) groups is 1. The summed E-state index contributed by atoms with van der Waals surface area (Å²) in [6.07, 6.45) is 1.74. The molecule has 1 heterocycles. The zero-order valence-electron chi connectivity index (χ0n) is 13.9. The van der Waals surface area contributed by atoms with E-state index in [2.05, 4.69) is 22.5 Å². The third-order valence-electron chi connectivity index (χ3n) is 3.67. The van der Waals surface area contributed by atoms with Crippen molar-refractivity contribution in [2.24, 2.45) is 4.99 Å². The van der Waals surface area contributed by atoms with Gasteiger partial charge in [-0.3, -0.25) is 9.30 Å². The second kappa shape index (κ2) is 8.19. The number of sulfonamides is 1. The van der Waals surface area contributed by atoms with Crippen LogP contribution in [0.2, 0.25) is 0 Å². The molecule has 2 N–H and O–H groups in total. The number of para-hydroxylation sites is 1. The minimum Gasteiger partial charge on any atom is -0.357 e. The number of hydrogen-bond acceptors (Lipinski definition) is 3. The Kier molecular flexibility index (Phi) is 6.27. The molecule has 1 aromatic rings. The fourth-order valence-electron chi connectivity index (χ4n) is 2.57. The van der Waals surface area contributed by atoms with Crippen LogP contribution in [0.4, 0.5) is 5.69 Å². The first-order valence-corrected chi connectivity index (χ1v) is 9.80. The molecule has 6 nitrogen and oxygen atoms in total. The number of nitrogens with one attached hydrogen (secondary N) is 2. The third kappa shape index (κ3) is 4.60. The van der Waals surface area contributed by atoms with Crippen LogP contribution in [-0.4, -0.2) is 46.3 Å². The van der Waals surface area contributed by atoms with Gasteiger partial charge in [0.2, 0.25) is 10.0 Å². The first-order chi connectivity index (χ1) is 11.1. The van der Waals surface area contributed by atoms with Crippen LogP contribution in [0.5, 0.6) is 0 Å². The summed E-state index contributed by atoms with van der Waals surface area (Å²) in [5.41, 5.74) is 1.92. The topological polar surface area (TPSA) is 73.8 Å². The van der Waals surface area contributed by atoms with Crippen molar-refractivity contribution in [3.05, 3.63) is 29.8 Å². The summed E-state index contributed by atoms with van der Waals surface area (Å²) in [6, 6.07) is 7.69. The van der Waals surface area contributed by atoms with Gasteiger partial charge < -0.3 is 10.6 Å². The van der Waals surface area contributed by atoms with Gasteiger partial charge in [-0.05, 0) is 31.4 Å². The first-order valence-electron chi connectivity index (χ1n) is 8.19. The van der Waals surface area contributed by atoms with Crippen molar-refractivity contribution >= 4 is 21.7 Å². The van der Waals surface area contributed by atoms with Crippen LogP contribution in [0.15, 0.2) is 29.3 Å². The van der Waals surface area contributed by atoms with Gasteiger partial charge in [0.25, 0.3) is 0 Å². The van der Waals surface area contributed by atoms with Crippen molar-refractivity contribution < 1.29 is 8.42 Å². The van der Waals surface area contributed by atoms with E-state index in [0.717, 1.165) is 37.2 Å². The van der Waals surface area contributed by atoms with Crippen molar-refractivity contribution in [1.29, 1.82) is 0 Å². The van der Waals surface area contributed by atoms with Gasteiger partial charge in [0.15, 0.2) is 5.96 Å². The molecule has 0 aliphatic carbocycles. The molecule has 23 heavy (non-hydrogen) atoms. The Morgan fingerprint density at radius 2 is 2.04 bits per heavy atom. The maximum absolute atomic E-state index is 12.6. The van der Waals surface area contributed by atoms with E-state index < -0.39 is 10.0 Å². The summed E-state index contributed by atoms with van der Waals surface area (Å²) in [5, 5.41) is 6.21. The summed E-state index contributed by atoms with van der Waals surface area (Å²) in [7, 11) is -3.32. The van der Waals surface area contributed by atoms with Crippen LogP contribution in [0.1, 0.15) is 25.8 Å². The molecule has 128 valence electrons. The van der Waals surface area contributed by atoms with E-state index in [0.29, 0.717) is 19.0 Å². The average Bonchev–Trinajstić information content (AvgIpc) is 2.97. The van der Waals surface area contributed by atoms with Crippen LogP contribution in [0.3, 0.4) is 0 Å². The molecular weight excluding hydrogens is 312 g/mol. The van der Waals surface area contributed by atoms with Crippen LogP contribution >= 0.6 is 0 Å². The summed E-state index contributed by atoms with van der Waals surface area (Å²) in [6.45, 7) is 6.40. The number of fused-ring (bicyclic) bond motifs is 1. The van der Waals surface area contributed by atoms with Gasteiger partial charge in [0.05, 0.1) is 11.4 Å². The number of anilines is 1. The largest absolute Gasteiger partial charge is 0.357 e. The molecule has 2 rings (SSSR count). The zero-order valence-corrected chi connectivity index (χ0v) is 14.7. The second-order valence-corrected chi connectivity index (χ2v) is 7.47. The number of guanidine groups is 1. The van der Waals surface area contributed by atoms with E-state index in [1.54, 1.807) is 0 Å². The lowest BCUT2D eigenvalue weighted by Gasteiger charge is -2.20. The molecule has 0 aromatic heterocycles. The van der Waals surface area contributed by atoms with Gasteiger partial charge in [-0.1, -0.05) is 25.1 Å². The second-order valence-electron chi connectivity index (χ2n) is 5.45. The van der Waals surface area contributed by atoms with Gasteiger partial charge in [0.1, 0.15) is 0 Å². The van der Waals surface area contributed by atoms with Crippen molar-refractivity contribution in [2.75, 3.05) is 36.2 Å². The van der Waals surface area contributed by atoms with Gasteiger partial charge in [0, 0.05) is 26.2 Å². The fourth-order valence-corrected chi connectivity index (χ4v) is 4.00. The predicted molar refractivity (Wildman–Crippen MR) is 95.6 cm³/mol. The highest BCUT2D eigenvalue weighted by atomic mass is 32.2. The molecule has 0 fully saturated rings. The lowest BCUT2D eigenvalue weighted by atomic mass is 10.2. The molecule has 0 spiro atoms. The van der Waals surface area contributed by atoms with Crippen molar-refractivity contribution in [2.45, 2.75) is 26.7 Å². The number of rotatable bonds is 7. The maximum Gasteiger partial charge on any atom is 0.236 e. The van der Waals surface area contributed by atoms with E-state index in [4.69, 9.17) is 0 Å². The fraction of sp³-hybridized carbons (Fsp3) is 0.562. The Hall–Kier alpha value is -1.76. The minimum atomic E-state index is -3.32. The minimum absolute atomic E-state index is 0.0534. The summed E-state index contributed by atoms with van der Waals surface area (Å²) in [4.78, 5) is 4.37. The highest BCUT2D eigenvalue weighted by Gasteiger charge is 2.28. The SMILES string of the molecule is CCCN=C(NCC)NCCS(=O)(=O)N1CCc2ccccc21. The summed E-state index contributed by atoms with van der Waals surface area (Å²) >= 11 is 0. The standard InChI is InChI=1S/C16H26N4O2S/c1-3-10-18-16(17-4-2)19-11-13-23(21,22)20-12-9-14-7-5-6-8-15(14)20/h5-8H,3-4,9-13H2,1-2H3,(H2,17,18,19). The highest BCUT2D eigenvalue weighted by Crippen LogP contribution is 2.29. The Morgan fingerprint density at radius 3 is 2.78 bits per heavy atom. The van der Waals surface area contributed by atoms with Crippen molar-refractivity contribution in [3.8, 4) is 0 Å². The molecule has 1 aliphatic heterocycles. The molecule has 0 radical (unpaired) electrons. The van der Waals surface area contributed by atoms with Crippen molar-refractivity contribution in [3.63, 3.8) is 0 Å². The van der Waals surface area contributed by atoms with E-state index >= 15 is 0 Å². The molecular formula is C16H26N4O2S. The van der Waals surface area contributed by atoms with E-state index in [1.807, 2.05) is 31.2 Å². The van der Waals surface area contributed by atoms with Gasteiger partial charge in [-0.2, -0.15) is 0 Å². The van der Waals surface area contributed by atoms with Gasteiger partial charge in [-0.15, -0.1) is 0 Å². The normalized spacial score (nSPS) is 14.7. The number of nitrogens with zero attached hydrogens (tertiary/aromatic N) is 2. The van der Waals surface area contributed by atoms with Gasteiger partial charge in [-0.25, -0.2) is 8.42 Å². The maximum atomic E-state index is 12.6. The smallest absolute Gasteiger partial charge is 0.236 e. The molecule has 0 amide bonds. The molecule has 0 saturated carbocycles. The molecule has 7 heteroatoms. The van der Waals surface area contributed by atoms with Crippen LogP contribution in [0.25, 0.3) is 0 Å². The quantitative estimate of drug-likeness (QED) is 0.581. The Bertz CT molecular complexity index is 643. The molecule has 0 saturated heterocycles. The number of hydrogen-bond donors (Lipinski definition) is 2. The Balaban J connectivity index is 1.95. The molecule has 0 unspecified atom stereocenters. The van der Waals surface area contributed by atoms with Gasteiger partial charge >= 0.3 is 0 Å².